The van der Waals surface area contributed by atoms with Crippen LogP contribution in [0.25, 0.3) is 11.1 Å². The fourth-order valence-corrected chi connectivity index (χ4v) is 6.92. The molecule has 3 aliphatic rings. The molecule has 1 fully saturated rings. The van der Waals surface area contributed by atoms with Crippen molar-refractivity contribution >= 4 is 34.5 Å². The van der Waals surface area contributed by atoms with E-state index in [0.29, 0.717) is 38.1 Å². The highest BCUT2D eigenvalue weighted by molar-refractivity contribution is 6.17. The van der Waals surface area contributed by atoms with Gasteiger partial charge in [0.05, 0.1) is 21.6 Å². The Bertz CT molecular complexity index is 1620. The van der Waals surface area contributed by atoms with E-state index in [-0.39, 0.29) is 36.8 Å². The number of halogens is 1. The molecule has 10 nitrogen and oxygen atoms in total. The molecule has 3 radical (unpaired) electrons. The Morgan fingerprint density at radius 3 is 2.66 bits per heavy atom. The zero-order valence-electron chi connectivity index (χ0n) is 24.5. The second-order valence-electron chi connectivity index (χ2n) is 11.9. The van der Waals surface area contributed by atoms with E-state index in [1.165, 1.54) is 12.1 Å². The highest BCUT2D eigenvalue weighted by atomic mass is 28.1. The first-order valence-electron chi connectivity index (χ1n) is 14.9. The molecule has 2 aliphatic carbocycles. The zero-order chi connectivity index (χ0) is 31.0. The third kappa shape index (κ3) is 6.03. The van der Waals surface area contributed by atoms with E-state index in [0.717, 1.165) is 57.5 Å². The standard InChI is InChI=1S/C32H34FN6O4Si/c1-34-29(41)17-38-15-25(14-35-38)21-5-8-27-23(12-21)10-11-32(27,44)36-31(43)37(19-40)18-30(42)39-16-24-4-7-26(33)13-22(24)6-9-28(39)20-2-3-20/h4-5,7-8,12-15,19-20,28H,2-3,6,9-11,16-18H2,1H3,(H,34,41)(H,36,43)/t28-,32?/m1/s1. The third-order valence-corrected chi connectivity index (χ3v) is 9.65. The number of aromatic nitrogens is 2. The molecule has 3 aromatic rings. The highest BCUT2D eigenvalue weighted by Gasteiger charge is 2.41. The molecule has 2 aromatic carbocycles. The number of carbonyl (C=O) groups excluding carboxylic acids is 4. The van der Waals surface area contributed by atoms with E-state index >= 15 is 0 Å². The van der Waals surface area contributed by atoms with E-state index < -0.39 is 11.2 Å². The first-order valence-corrected chi connectivity index (χ1v) is 15.4. The Balaban J connectivity index is 1.14. The molecule has 227 valence electrons. The number of amides is 5. The van der Waals surface area contributed by atoms with Gasteiger partial charge >= 0.3 is 6.03 Å². The number of hydrogen-bond acceptors (Lipinski definition) is 5. The van der Waals surface area contributed by atoms with Crippen molar-refractivity contribution in [2.75, 3.05) is 13.6 Å². The van der Waals surface area contributed by atoms with Gasteiger partial charge in [-0.15, -0.1) is 0 Å². The smallest absolute Gasteiger partial charge is 0.324 e. The number of benzene rings is 2. The molecular weight excluding hydrogens is 579 g/mol. The lowest BCUT2D eigenvalue weighted by Gasteiger charge is -2.33. The van der Waals surface area contributed by atoms with E-state index in [9.17, 15) is 23.6 Å². The van der Waals surface area contributed by atoms with Crippen LogP contribution in [0.4, 0.5) is 9.18 Å². The average molecular weight is 614 g/mol. The molecule has 2 heterocycles. The normalized spacial score (nSPS) is 20.7. The van der Waals surface area contributed by atoms with Crippen LogP contribution in [0.1, 0.15) is 47.9 Å². The largest absolute Gasteiger partial charge is 0.358 e. The van der Waals surface area contributed by atoms with Gasteiger partial charge in [0.15, 0.2) is 0 Å². The van der Waals surface area contributed by atoms with Crippen molar-refractivity contribution in [2.45, 2.75) is 62.8 Å². The number of nitrogens with zero attached hydrogens (tertiary/aromatic N) is 4. The first-order chi connectivity index (χ1) is 21.2. The van der Waals surface area contributed by atoms with Gasteiger partial charge in [0, 0.05) is 31.4 Å². The van der Waals surface area contributed by atoms with Gasteiger partial charge in [0.25, 0.3) is 0 Å². The maximum Gasteiger partial charge on any atom is 0.324 e. The minimum atomic E-state index is -0.916. The molecule has 0 saturated heterocycles. The lowest BCUT2D eigenvalue weighted by Crippen LogP contribution is -2.53. The van der Waals surface area contributed by atoms with Crippen LogP contribution in [0.3, 0.4) is 0 Å². The summed E-state index contributed by atoms with van der Waals surface area (Å²) >= 11 is 0. The molecule has 6 rings (SSSR count). The van der Waals surface area contributed by atoms with Crippen LogP contribution in [-0.2, 0) is 45.5 Å². The van der Waals surface area contributed by atoms with E-state index in [1.807, 2.05) is 24.4 Å². The van der Waals surface area contributed by atoms with Crippen molar-refractivity contribution in [1.82, 2.24) is 30.2 Å². The predicted molar refractivity (Wildman–Crippen MR) is 161 cm³/mol. The van der Waals surface area contributed by atoms with Crippen LogP contribution >= 0.6 is 0 Å². The van der Waals surface area contributed by atoms with Crippen molar-refractivity contribution in [3.63, 3.8) is 0 Å². The topological polar surface area (TPSA) is 117 Å². The number of hydrogen-bond donors (Lipinski definition) is 2. The number of likely N-dealkylation sites (N-methyl/N-ethyl adjacent to an activating group) is 1. The number of rotatable bonds is 8. The van der Waals surface area contributed by atoms with Crippen molar-refractivity contribution < 1.29 is 23.6 Å². The van der Waals surface area contributed by atoms with Gasteiger partial charge in [-0.2, -0.15) is 5.10 Å². The maximum atomic E-state index is 13.9. The second kappa shape index (κ2) is 12.0. The summed E-state index contributed by atoms with van der Waals surface area (Å²) in [6.07, 6.45) is 8.60. The molecule has 1 aromatic heterocycles. The molecule has 0 bridgehead atoms. The van der Waals surface area contributed by atoms with Crippen LogP contribution < -0.4 is 10.6 Å². The van der Waals surface area contributed by atoms with Crippen LogP contribution in [0, 0.1) is 11.7 Å². The van der Waals surface area contributed by atoms with Gasteiger partial charge in [-0.1, -0.05) is 24.3 Å². The molecule has 44 heavy (non-hydrogen) atoms. The summed E-state index contributed by atoms with van der Waals surface area (Å²) in [5.41, 5.74) is 5.48. The maximum absolute atomic E-state index is 13.9. The summed E-state index contributed by atoms with van der Waals surface area (Å²) < 4.78 is 15.5. The summed E-state index contributed by atoms with van der Waals surface area (Å²) in [4.78, 5) is 53.5. The number of fused-ring (bicyclic) bond motifs is 2. The number of carbonyl (C=O) groups is 4. The molecule has 0 spiro atoms. The predicted octanol–water partition coefficient (Wildman–Crippen LogP) is 2.62. The van der Waals surface area contributed by atoms with Crippen molar-refractivity contribution in [2.24, 2.45) is 5.92 Å². The van der Waals surface area contributed by atoms with Crippen LogP contribution in [0.2, 0.25) is 0 Å². The molecular formula is C32H34FN6O4Si. The highest BCUT2D eigenvalue weighted by Crippen LogP contribution is 2.40. The van der Waals surface area contributed by atoms with Crippen molar-refractivity contribution in [3.05, 3.63) is 76.9 Å². The van der Waals surface area contributed by atoms with Crippen LogP contribution in [-0.4, -0.2) is 73.7 Å². The third-order valence-electron chi connectivity index (χ3n) is 9.00. The molecule has 2 N–H and O–H groups in total. The lowest BCUT2D eigenvalue weighted by molar-refractivity contribution is -0.137. The number of aryl methyl sites for hydroxylation is 2. The molecule has 5 amide bonds. The van der Waals surface area contributed by atoms with Crippen molar-refractivity contribution in [3.8, 4) is 11.1 Å². The molecule has 1 aliphatic heterocycles. The number of urea groups is 1. The Morgan fingerprint density at radius 2 is 1.91 bits per heavy atom. The van der Waals surface area contributed by atoms with Crippen LogP contribution in [0.5, 0.6) is 0 Å². The quantitative estimate of drug-likeness (QED) is 0.299. The summed E-state index contributed by atoms with van der Waals surface area (Å²) in [5, 5.41) is 8.87. The summed E-state index contributed by atoms with van der Waals surface area (Å²) in [5.74, 6) is -0.363. The lowest BCUT2D eigenvalue weighted by atomic mass is 10.0. The second-order valence-corrected chi connectivity index (χ2v) is 12.8. The SMILES string of the molecule is CNC(=O)Cn1cc(-c2ccc3c(c2)CCC3([Si])NC(=O)N(C=O)CC(=O)N2Cc3ccc(F)cc3CC[C@@H]2C2CC2)cn1. The summed E-state index contributed by atoms with van der Waals surface area (Å²) in [7, 11) is 5.36. The Kier molecular flexibility index (Phi) is 8.10. The first kappa shape index (κ1) is 29.7. The van der Waals surface area contributed by atoms with E-state index in [1.54, 1.807) is 28.9 Å². The fourth-order valence-electron chi connectivity index (χ4n) is 6.44. The van der Waals surface area contributed by atoms with Crippen molar-refractivity contribution in [1.29, 1.82) is 0 Å². The Labute approximate surface area is 258 Å². The van der Waals surface area contributed by atoms with Gasteiger partial charge < -0.3 is 15.5 Å². The Morgan fingerprint density at radius 1 is 1.09 bits per heavy atom. The summed E-state index contributed by atoms with van der Waals surface area (Å²) in [6.45, 7) is 0.0648. The fraction of sp³-hybridized carbons (Fsp3) is 0.406. The monoisotopic (exact) mass is 613 g/mol. The summed E-state index contributed by atoms with van der Waals surface area (Å²) in [6, 6.07) is 9.87. The van der Waals surface area contributed by atoms with E-state index in [4.69, 9.17) is 0 Å². The van der Waals surface area contributed by atoms with Gasteiger partial charge in [-0.25, -0.2) is 9.18 Å². The number of imide groups is 1. The zero-order valence-corrected chi connectivity index (χ0v) is 25.5. The minimum absolute atomic E-state index is 0.0107. The van der Waals surface area contributed by atoms with Gasteiger partial charge in [0.1, 0.15) is 18.9 Å². The van der Waals surface area contributed by atoms with Crippen LogP contribution in [0.15, 0.2) is 48.8 Å². The van der Waals surface area contributed by atoms with Gasteiger partial charge in [0.2, 0.25) is 18.2 Å². The average Bonchev–Trinajstić information content (AvgIpc) is 3.70. The van der Waals surface area contributed by atoms with E-state index in [2.05, 4.69) is 26.0 Å². The van der Waals surface area contributed by atoms with Gasteiger partial charge in [-0.3, -0.25) is 24.0 Å². The Hall–Kier alpha value is -4.32. The molecule has 1 saturated carbocycles. The molecule has 2 atom stereocenters. The molecule has 12 heteroatoms. The minimum Gasteiger partial charge on any atom is -0.358 e. The van der Waals surface area contributed by atoms with Gasteiger partial charge in [-0.05, 0) is 84.4 Å². The number of nitrogens with one attached hydrogen (secondary N) is 2. The molecule has 1 unspecified atom stereocenters.